The highest BCUT2D eigenvalue weighted by molar-refractivity contribution is 5.94. The summed E-state index contributed by atoms with van der Waals surface area (Å²) >= 11 is 0. The molecule has 29 heavy (non-hydrogen) atoms. The summed E-state index contributed by atoms with van der Waals surface area (Å²) in [6, 6.07) is 15.4. The van der Waals surface area contributed by atoms with E-state index in [2.05, 4.69) is 15.5 Å². The average Bonchev–Trinajstić information content (AvgIpc) is 2.78. The molecule has 3 rings (SSSR count). The lowest BCUT2D eigenvalue weighted by atomic mass is 10.0. The zero-order valence-electron chi connectivity index (χ0n) is 16.4. The molecule has 0 spiro atoms. The summed E-state index contributed by atoms with van der Waals surface area (Å²) in [7, 11) is 1.85. The number of para-hydroxylation sites is 1. The summed E-state index contributed by atoms with van der Waals surface area (Å²) < 4.78 is 0. The van der Waals surface area contributed by atoms with E-state index in [0.717, 1.165) is 42.9 Å². The molecule has 1 saturated heterocycles. The van der Waals surface area contributed by atoms with Crippen molar-refractivity contribution in [2.24, 2.45) is 0 Å². The second-order valence-electron chi connectivity index (χ2n) is 6.93. The summed E-state index contributed by atoms with van der Waals surface area (Å²) in [5, 5.41) is 14.8. The average molecular weight is 394 g/mol. The molecule has 1 aliphatic rings. The molecule has 1 aliphatic heterocycles. The van der Waals surface area contributed by atoms with E-state index in [0.29, 0.717) is 5.56 Å². The maximum atomic E-state index is 12.5. The summed E-state index contributed by atoms with van der Waals surface area (Å²) in [6.07, 6.45) is 4.67. The van der Waals surface area contributed by atoms with Gasteiger partial charge in [-0.2, -0.15) is 0 Å². The van der Waals surface area contributed by atoms with Crippen LogP contribution in [-0.4, -0.2) is 43.2 Å². The Morgan fingerprint density at radius 3 is 2.41 bits per heavy atom. The summed E-state index contributed by atoms with van der Waals surface area (Å²) in [5.74, 6) is -0.617. The maximum absolute atomic E-state index is 12.5. The Morgan fingerprint density at radius 1 is 1.07 bits per heavy atom. The molecule has 0 aromatic heterocycles. The van der Waals surface area contributed by atoms with Crippen LogP contribution < -0.4 is 21.0 Å². The first-order chi connectivity index (χ1) is 14.1. The number of hydrogen-bond acceptors (Lipinski definition) is 5. The zero-order chi connectivity index (χ0) is 20.6. The van der Waals surface area contributed by atoms with Crippen molar-refractivity contribution in [3.63, 3.8) is 0 Å². The highest BCUT2D eigenvalue weighted by atomic mass is 16.5. The van der Waals surface area contributed by atoms with Gasteiger partial charge in [-0.05, 0) is 54.8 Å². The Kier molecular flexibility index (Phi) is 6.86. The maximum Gasteiger partial charge on any atom is 0.267 e. The van der Waals surface area contributed by atoms with Crippen LogP contribution in [0.5, 0.6) is 0 Å². The quantitative estimate of drug-likeness (QED) is 0.343. The number of anilines is 2. The van der Waals surface area contributed by atoms with Crippen LogP contribution in [-0.2, 0) is 4.79 Å². The predicted molar refractivity (Wildman–Crippen MR) is 114 cm³/mol. The Morgan fingerprint density at radius 2 is 1.76 bits per heavy atom. The number of piperidine rings is 1. The number of nitrogens with one attached hydrogen (secondary N) is 3. The molecule has 2 aromatic carbocycles. The molecule has 152 valence electrons. The third kappa shape index (κ3) is 5.36. The zero-order valence-corrected chi connectivity index (χ0v) is 16.4. The third-order valence-corrected chi connectivity index (χ3v) is 5.07. The Hall–Kier alpha value is -3.32. The van der Waals surface area contributed by atoms with Crippen molar-refractivity contribution in [2.75, 3.05) is 30.4 Å². The molecular weight excluding hydrogens is 368 g/mol. The third-order valence-electron chi connectivity index (χ3n) is 5.07. The van der Waals surface area contributed by atoms with Crippen LogP contribution in [0, 0.1) is 0 Å². The molecule has 1 heterocycles. The van der Waals surface area contributed by atoms with Crippen LogP contribution in [0.25, 0.3) is 6.08 Å². The van der Waals surface area contributed by atoms with E-state index in [1.165, 1.54) is 6.08 Å². The van der Waals surface area contributed by atoms with Gasteiger partial charge in [0, 0.05) is 49.2 Å². The molecule has 4 N–H and O–H groups in total. The normalized spacial score (nSPS) is 14.6. The first-order valence-corrected chi connectivity index (χ1v) is 9.65. The summed E-state index contributed by atoms with van der Waals surface area (Å²) in [6.45, 7) is 1.61. The molecule has 0 atom stereocenters. The minimum atomic E-state index is -0.566. The van der Waals surface area contributed by atoms with Crippen LogP contribution in [0.1, 0.15) is 28.8 Å². The van der Waals surface area contributed by atoms with Crippen molar-refractivity contribution in [1.82, 2.24) is 10.8 Å². The Balaban J connectivity index is 1.58. The monoisotopic (exact) mass is 394 g/mol. The van der Waals surface area contributed by atoms with Gasteiger partial charge in [-0.25, -0.2) is 5.48 Å². The number of carbonyl (C=O) groups excluding carboxylic acids is 2. The lowest BCUT2D eigenvalue weighted by Crippen LogP contribution is -2.44. The van der Waals surface area contributed by atoms with Crippen molar-refractivity contribution >= 4 is 29.3 Å². The molecule has 0 aliphatic carbocycles. The molecule has 0 unspecified atom stereocenters. The molecule has 7 nitrogen and oxygen atoms in total. The summed E-state index contributed by atoms with van der Waals surface area (Å²) in [4.78, 5) is 26.0. The second-order valence-corrected chi connectivity index (χ2v) is 6.93. The lowest BCUT2D eigenvalue weighted by Gasteiger charge is -2.34. The van der Waals surface area contributed by atoms with Crippen molar-refractivity contribution in [3.05, 3.63) is 65.7 Å². The van der Waals surface area contributed by atoms with Crippen molar-refractivity contribution in [1.29, 1.82) is 0 Å². The minimum absolute atomic E-state index is 0.0514. The van der Waals surface area contributed by atoms with Gasteiger partial charge in [-0.1, -0.05) is 18.2 Å². The van der Waals surface area contributed by atoms with E-state index in [4.69, 9.17) is 5.21 Å². The molecular formula is C22H26N4O3. The van der Waals surface area contributed by atoms with Crippen molar-refractivity contribution in [3.8, 4) is 0 Å². The SMILES string of the molecule is CNc1ccc(C(=O)NC2CCN(c3ccccc3/C=C/C(=O)NO)CC2)cc1. The fraction of sp³-hybridized carbons (Fsp3) is 0.273. The number of carbonyl (C=O) groups is 2. The van der Waals surface area contributed by atoms with E-state index in [-0.39, 0.29) is 11.9 Å². The molecule has 0 radical (unpaired) electrons. The number of nitrogens with zero attached hydrogens (tertiary/aromatic N) is 1. The van der Waals surface area contributed by atoms with Gasteiger partial charge in [0.1, 0.15) is 0 Å². The summed E-state index contributed by atoms with van der Waals surface area (Å²) in [5.41, 5.74) is 5.16. The highest BCUT2D eigenvalue weighted by Gasteiger charge is 2.22. The number of rotatable bonds is 6. The van der Waals surface area contributed by atoms with E-state index < -0.39 is 5.91 Å². The van der Waals surface area contributed by atoms with Gasteiger partial charge in [0.15, 0.2) is 0 Å². The highest BCUT2D eigenvalue weighted by Crippen LogP contribution is 2.25. The number of hydroxylamine groups is 1. The van der Waals surface area contributed by atoms with Crippen LogP contribution >= 0.6 is 0 Å². The van der Waals surface area contributed by atoms with E-state index in [1.807, 2.05) is 55.6 Å². The van der Waals surface area contributed by atoms with Crippen LogP contribution in [0.3, 0.4) is 0 Å². The largest absolute Gasteiger partial charge is 0.388 e. The number of benzene rings is 2. The van der Waals surface area contributed by atoms with Gasteiger partial charge in [0.25, 0.3) is 11.8 Å². The molecule has 0 saturated carbocycles. The first-order valence-electron chi connectivity index (χ1n) is 9.65. The van der Waals surface area contributed by atoms with E-state index in [9.17, 15) is 9.59 Å². The molecule has 1 fully saturated rings. The van der Waals surface area contributed by atoms with Gasteiger partial charge in [-0.3, -0.25) is 14.8 Å². The van der Waals surface area contributed by atoms with Crippen LogP contribution in [0.15, 0.2) is 54.6 Å². The molecule has 2 aromatic rings. The van der Waals surface area contributed by atoms with Gasteiger partial charge < -0.3 is 15.5 Å². The van der Waals surface area contributed by atoms with Gasteiger partial charge in [0.2, 0.25) is 0 Å². The standard InChI is InChI=1S/C22H26N4O3/c1-23-18-9-6-17(7-10-18)22(28)24-19-12-14-26(15-13-19)20-5-3-2-4-16(20)8-11-21(27)25-29/h2-11,19,23,29H,12-15H2,1H3,(H,24,28)(H,25,27)/b11-8+. The fourth-order valence-corrected chi connectivity index (χ4v) is 3.44. The minimum Gasteiger partial charge on any atom is -0.388 e. The lowest BCUT2D eigenvalue weighted by molar-refractivity contribution is -0.124. The fourth-order valence-electron chi connectivity index (χ4n) is 3.44. The van der Waals surface area contributed by atoms with Crippen LogP contribution in [0.2, 0.25) is 0 Å². The van der Waals surface area contributed by atoms with Gasteiger partial charge in [-0.15, -0.1) is 0 Å². The predicted octanol–water partition coefficient (Wildman–Crippen LogP) is 2.65. The van der Waals surface area contributed by atoms with Gasteiger partial charge >= 0.3 is 0 Å². The Bertz CT molecular complexity index is 872. The Labute approximate surface area is 170 Å². The van der Waals surface area contributed by atoms with Gasteiger partial charge in [0.05, 0.1) is 0 Å². The number of hydrogen-bond donors (Lipinski definition) is 4. The first kappa shape index (κ1) is 20.4. The van der Waals surface area contributed by atoms with E-state index >= 15 is 0 Å². The topological polar surface area (TPSA) is 93.7 Å². The molecule has 2 amide bonds. The van der Waals surface area contributed by atoms with Crippen LogP contribution in [0.4, 0.5) is 11.4 Å². The molecule has 7 heteroatoms. The van der Waals surface area contributed by atoms with Crippen molar-refractivity contribution < 1.29 is 14.8 Å². The van der Waals surface area contributed by atoms with Crippen molar-refractivity contribution in [2.45, 2.75) is 18.9 Å². The number of amides is 2. The van der Waals surface area contributed by atoms with E-state index in [1.54, 1.807) is 11.6 Å². The smallest absolute Gasteiger partial charge is 0.267 e. The molecule has 0 bridgehead atoms. The second kappa shape index (κ2) is 9.75.